The zero-order valence-electron chi connectivity index (χ0n) is 37.6. The quantitative estimate of drug-likeness (QED) is 0.0245. The van der Waals surface area contributed by atoms with Gasteiger partial charge in [-0.2, -0.15) is 0 Å². The predicted molar refractivity (Wildman–Crippen MR) is 240 cm³/mol. The van der Waals surface area contributed by atoms with Crippen LogP contribution in [-0.2, 0) is 18.4 Å². The van der Waals surface area contributed by atoms with Gasteiger partial charge in [-0.1, -0.05) is 192 Å². The van der Waals surface area contributed by atoms with E-state index in [4.69, 9.17) is 9.05 Å². The average Bonchev–Trinajstić information content (AvgIpc) is 3.15. The molecule has 0 rings (SSSR count). The lowest BCUT2D eigenvalue weighted by Crippen LogP contribution is -2.45. The second kappa shape index (κ2) is 39.4. The first-order chi connectivity index (χ1) is 27.0. The number of phosphoric acid groups is 1. The van der Waals surface area contributed by atoms with Gasteiger partial charge in [-0.05, 0) is 44.9 Å². The topological polar surface area (TPSA) is 105 Å². The molecule has 0 aliphatic carbocycles. The number of likely N-dealkylation sites (N-methyl/N-ethyl adjacent to an activating group) is 1. The Bertz CT molecular complexity index is 969. The van der Waals surface area contributed by atoms with Crippen molar-refractivity contribution in [2.24, 2.45) is 0 Å². The number of rotatable bonds is 43. The summed E-state index contributed by atoms with van der Waals surface area (Å²) in [5.41, 5.74) is 0. The molecule has 0 radical (unpaired) electrons. The summed E-state index contributed by atoms with van der Waals surface area (Å²) in [6, 6.07) is -0.843. The Morgan fingerprint density at radius 2 is 0.964 bits per heavy atom. The molecule has 3 atom stereocenters. The number of allylic oxidation sites excluding steroid dienone is 3. The lowest BCUT2D eigenvalue weighted by molar-refractivity contribution is -0.870. The lowest BCUT2D eigenvalue weighted by atomic mass is 10.0. The van der Waals surface area contributed by atoms with Gasteiger partial charge >= 0.3 is 7.82 Å². The van der Waals surface area contributed by atoms with Gasteiger partial charge in [0.2, 0.25) is 5.91 Å². The van der Waals surface area contributed by atoms with E-state index in [1.165, 1.54) is 161 Å². The van der Waals surface area contributed by atoms with Gasteiger partial charge in [0.05, 0.1) is 39.9 Å². The van der Waals surface area contributed by atoms with Crippen LogP contribution in [0.15, 0.2) is 24.3 Å². The van der Waals surface area contributed by atoms with Crippen molar-refractivity contribution >= 4 is 13.7 Å². The van der Waals surface area contributed by atoms with E-state index in [9.17, 15) is 19.4 Å². The third-order valence-corrected chi connectivity index (χ3v) is 11.6. The molecular weight excluding hydrogens is 719 g/mol. The highest BCUT2D eigenvalue weighted by Gasteiger charge is 2.27. The fourth-order valence-corrected chi connectivity index (χ4v) is 7.60. The van der Waals surface area contributed by atoms with Crippen LogP contribution in [0.1, 0.15) is 219 Å². The lowest BCUT2D eigenvalue weighted by Gasteiger charge is -2.25. The van der Waals surface area contributed by atoms with Gasteiger partial charge in [0.15, 0.2) is 0 Å². The Hall–Kier alpha value is -1.02. The van der Waals surface area contributed by atoms with Gasteiger partial charge in [0.1, 0.15) is 13.2 Å². The Balaban J connectivity index is 4.30. The standard InChI is InChI=1S/C47H93N2O6P/c1-6-8-10-12-14-16-18-20-21-22-23-24-25-26-27-29-31-33-35-37-39-41-47(51)48-45(44-55-56(52,53)54-43-42-49(3,4)5)46(50)40-38-36-34-32-30-28-19-17-15-13-11-9-7-2/h20-21,38,40,45-46,50H,6-19,22-37,39,41-44H2,1-5H3,(H-,48,51,52,53)/p+1/b21-20-,40-38+/t45-,46+/m0/s1. The van der Waals surface area contributed by atoms with Crippen molar-refractivity contribution in [1.82, 2.24) is 5.32 Å². The summed E-state index contributed by atoms with van der Waals surface area (Å²) in [6.07, 6.45) is 46.7. The molecule has 0 aliphatic rings. The minimum absolute atomic E-state index is 0.0627. The molecule has 0 saturated heterocycles. The van der Waals surface area contributed by atoms with E-state index >= 15 is 0 Å². The monoisotopic (exact) mass is 814 g/mol. The van der Waals surface area contributed by atoms with Crippen LogP contribution in [0.5, 0.6) is 0 Å². The van der Waals surface area contributed by atoms with Gasteiger partial charge in [-0.3, -0.25) is 13.8 Å². The molecule has 0 aromatic carbocycles. The van der Waals surface area contributed by atoms with Gasteiger partial charge in [0.25, 0.3) is 0 Å². The molecule has 332 valence electrons. The first kappa shape index (κ1) is 55.0. The number of phosphoric ester groups is 1. The van der Waals surface area contributed by atoms with E-state index in [2.05, 4.69) is 31.3 Å². The fraction of sp³-hybridized carbons (Fsp3) is 0.894. The number of quaternary nitrogens is 1. The SMILES string of the molecule is CCCCCCCC/C=C\CCCCCCCCCCCCCC(=O)N[C@@H](COP(=O)(O)OCC[N+](C)(C)C)[C@H](O)/C=C/CCCCCCCCCCCCC. The van der Waals surface area contributed by atoms with Crippen molar-refractivity contribution in [3.05, 3.63) is 24.3 Å². The van der Waals surface area contributed by atoms with Crippen molar-refractivity contribution in [3.8, 4) is 0 Å². The van der Waals surface area contributed by atoms with Crippen molar-refractivity contribution in [2.45, 2.75) is 231 Å². The number of amides is 1. The maximum atomic E-state index is 12.9. The molecule has 9 heteroatoms. The maximum absolute atomic E-state index is 12.9. The van der Waals surface area contributed by atoms with Gasteiger partial charge in [0, 0.05) is 6.42 Å². The third kappa shape index (κ3) is 41.2. The summed E-state index contributed by atoms with van der Waals surface area (Å²) in [5, 5.41) is 13.8. The average molecular weight is 814 g/mol. The van der Waals surface area contributed by atoms with Gasteiger partial charge in [-0.15, -0.1) is 0 Å². The first-order valence-corrected chi connectivity index (χ1v) is 25.2. The van der Waals surface area contributed by atoms with E-state index in [-0.39, 0.29) is 19.1 Å². The third-order valence-electron chi connectivity index (χ3n) is 10.7. The fourth-order valence-electron chi connectivity index (χ4n) is 6.86. The van der Waals surface area contributed by atoms with Crippen LogP contribution in [-0.4, -0.2) is 73.4 Å². The number of carbonyl (C=O) groups is 1. The van der Waals surface area contributed by atoms with Crippen molar-refractivity contribution in [2.75, 3.05) is 40.9 Å². The zero-order valence-corrected chi connectivity index (χ0v) is 38.5. The minimum Gasteiger partial charge on any atom is -0.387 e. The summed E-state index contributed by atoms with van der Waals surface area (Å²) in [4.78, 5) is 23.1. The van der Waals surface area contributed by atoms with Crippen LogP contribution in [0.25, 0.3) is 0 Å². The highest BCUT2D eigenvalue weighted by molar-refractivity contribution is 7.47. The number of aliphatic hydroxyl groups is 1. The van der Waals surface area contributed by atoms with E-state index < -0.39 is 20.0 Å². The van der Waals surface area contributed by atoms with Crippen LogP contribution in [0.3, 0.4) is 0 Å². The highest BCUT2D eigenvalue weighted by atomic mass is 31.2. The maximum Gasteiger partial charge on any atom is 0.472 e. The number of nitrogens with one attached hydrogen (secondary N) is 1. The summed E-state index contributed by atoms with van der Waals surface area (Å²) in [5.74, 6) is -0.177. The molecule has 0 heterocycles. The van der Waals surface area contributed by atoms with Crippen LogP contribution in [0.4, 0.5) is 0 Å². The Morgan fingerprint density at radius 3 is 1.38 bits per heavy atom. The van der Waals surface area contributed by atoms with E-state index in [0.29, 0.717) is 17.4 Å². The number of aliphatic hydroxyl groups excluding tert-OH is 1. The van der Waals surface area contributed by atoms with Crippen LogP contribution < -0.4 is 5.32 Å². The zero-order chi connectivity index (χ0) is 41.4. The predicted octanol–water partition coefficient (Wildman–Crippen LogP) is 13.3. The minimum atomic E-state index is -4.33. The molecule has 1 amide bonds. The van der Waals surface area contributed by atoms with Gasteiger partial charge < -0.3 is 19.8 Å². The number of hydrogen-bond acceptors (Lipinski definition) is 5. The normalized spacial score (nSPS) is 14.5. The Morgan fingerprint density at radius 1 is 0.589 bits per heavy atom. The number of hydrogen-bond donors (Lipinski definition) is 3. The largest absolute Gasteiger partial charge is 0.472 e. The Kier molecular flexibility index (Phi) is 38.7. The molecule has 0 aromatic heterocycles. The van der Waals surface area contributed by atoms with E-state index in [1.54, 1.807) is 6.08 Å². The first-order valence-electron chi connectivity index (χ1n) is 23.7. The molecule has 0 fully saturated rings. The molecule has 0 spiro atoms. The molecule has 0 aliphatic heterocycles. The summed E-state index contributed by atoms with van der Waals surface area (Å²) in [6.45, 7) is 4.81. The van der Waals surface area contributed by atoms with Crippen LogP contribution >= 0.6 is 7.82 Å². The summed E-state index contributed by atoms with van der Waals surface area (Å²) in [7, 11) is 1.58. The van der Waals surface area contributed by atoms with E-state index in [1.807, 2.05) is 27.2 Å². The van der Waals surface area contributed by atoms with Crippen LogP contribution in [0, 0.1) is 0 Å². The smallest absolute Gasteiger partial charge is 0.387 e. The number of nitrogens with zero attached hydrogens (tertiary/aromatic N) is 1. The summed E-state index contributed by atoms with van der Waals surface area (Å²) < 4.78 is 23.6. The number of unbranched alkanes of at least 4 members (excludes halogenated alkanes) is 28. The molecular formula is C47H94N2O6P+. The summed E-state index contributed by atoms with van der Waals surface area (Å²) >= 11 is 0. The van der Waals surface area contributed by atoms with Crippen LogP contribution in [0.2, 0.25) is 0 Å². The van der Waals surface area contributed by atoms with E-state index in [0.717, 1.165) is 38.5 Å². The van der Waals surface area contributed by atoms with Crippen molar-refractivity contribution in [1.29, 1.82) is 0 Å². The molecule has 1 unspecified atom stereocenters. The Labute approximate surface area is 347 Å². The van der Waals surface area contributed by atoms with Gasteiger partial charge in [-0.25, -0.2) is 4.57 Å². The second-order valence-electron chi connectivity index (χ2n) is 17.5. The molecule has 0 bridgehead atoms. The van der Waals surface area contributed by atoms with Crippen molar-refractivity contribution in [3.63, 3.8) is 0 Å². The molecule has 0 saturated carbocycles. The van der Waals surface area contributed by atoms with Crippen molar-refractivity contribution < 1.29 is 32.9 Å². The number of carbonyl (C=O) groups excluding carboxylic acids is 1. The molecule has 56 heavy (non-hydrogen) atoms. The highest BCUT2D eigenvalue weighted by Crippen LogP contribution is 2.43. The molecule has 8 nitrogen and oxygen atoms in total. The molecule has 0 aromatic rings. The molecule has 3 N–H and O–H groups in total. The second-order valence-corrected chi connectivity index (χ2v) is 18.9.